The molecule has 1 nitrogen and oxygen atoms in total. The van der Waals surface area contributed by atoms with Gasteiger partial charge in [-0.1, -0.05) is 46.5 Å². The van der Waals surface area contributed by atoms with Crippen molar-refractivity contribution in [1.29, 1.82) is 0 Å². The van der Waals surface area contributed by atoms with E-state index in [4.69, 9.17) is 0 Å². The molecule has 17 heavy (non-hydrogen) atoms. The summed E-state index contributed by atoms with van der Waals surface area (Å²) in [6, 6.07) is 0.801. The number of hydrogen-bond donors (Lipinski definition) is 1. The van der Waals surface area contributed by atoms with Crippen LogP contribution in [0.15, 0.2) is 0 Å². The van der Waals surface area contributed by atoms with Crippen LogP contribution in [0.2, 0.25) is 0 Å². The summed E-state index contributed by atoms with van der Waals surface area (Å²) in [4.78, 5) is 0. The Labute approximate surface area is 109 Å². The summed E-state index contributed by atoms with van der Waals surface area (Å²) < 4.78 is 0. The molecule has 0 amide bonds. The Kier molecular flexibility index (Phi) is 7.92. The second-order valence-corrected chi connectivity index (χ2v) is 5.92. The molecule has 0 aromatic carbocycles. The van der Waals surface area contributed by atoms with E-state index in [2.05, 4.69) is 26.1 Å². The first-order valence-electron chi connectivity index (χ1n) is 8.05. The van der Waals surface area contributed by atoms with Crippen LogP contribution in [0.1, 0.15) is 78.6 Å². The van der Waals surface area contributed by atoms with E-state index in [9.17, 15) is 0 Å². The van der Waals surface area contributed by atoms with Gasteiger partial charge < -0.3 is 5.32 Å². The van der Waals surface area contributed by atoms with E-state index in [0.29, 0.717) is 0 Å². The van der Waals surface area contributed by atoms with Gasteiger partial charge in [0.05, 0.1) is 0 Å². The quantitative estimate of drug-likeness (QED) is 0.548. The molecule has 1 aliphatic carbocycles. The smallest absolute Gasteiger partial charge is 0.00954 e. The van der Waals surface area contributed by atoms with Crippen molar-refractivity contribution in [2.75, 3.05) is 6.54 Å². The fourth-order valence-electron chi connectivity index (χ4n) is 2.94. The molecule has 1 fully saturated rings. The van der Waals surface area contributed by atoms with Gasteiger partial charge in [0.15, 0.2) is 0 Å². The highest BCUT2D eigenvalue weighted by Gasteiger charge is 2.25. The van der Waals surface area contributed by atoms with Crippen LogP contribution in [0.5, 0.6) is 0 Å². The van der Waals surface area contributed by atoms with E-state index >= 15 is 0 Å². The largest absolute Gasteiger partial charge is 0.314 e. The molecule has 0 spiro atoms. The number of hydrogen-bond acceptors (Lipinski definition) is 1. The second-order valence-electron chi connectivity index (χ2n) is 5.92. The summed E-state index contributed by atoms with van der Waals surface area (Å²) >= 11 is 0. The van der Waals surface area contributed by atoms with Crippen LogP contribution < -0.4 is 5.32 Å². The minimum atomic E-state index is 0.801. The molecule has 1 rings (SSSR count). The molecule has 1 N–H and O–H groups in total. The Morgan fingerprint density at radius 3 is 2.06 bits per heavy atom. The monoisotopic (exact) mass is 239 g/mol. The van der Waals surface area contributed by atoms with Crippen molar-refractivity contribution in [2.24, 2.45) is 11.8 Å². The van der Waals surface area contributed by atoms with Crippen molar-refractivity contribution in [1.82, 2.24) is 5.32 Å². The lowest BCUT2D eigenvalue weighted by atomic mass is 9.87. The van der Waals surface area contributed by atoms with Crippen molar-refractivity contribution >= 4 is 0 Å². The second kappa shape index (κ2) is 8.97. The first kappa shape index (κ1) is 15.0. The minimum absolute atomic E-state index is 0.801. The van der Waals surface area contributed by atoms with Gasteiger partial charge in [0.2, 0.25) is 0 Å². The average Bonchev–Trinajstić information content (AvgIpc) is 3.13. The zero-order valence-corrected chi connectivity index (χ0v) is 12.3. The Morgan fingerprint density at radius 2 is 1.59 bits per heavy atom. The lowest BCUT2D eigenvalue weighted by molar-refractivity contribution is 0.289. The predicted molar refractivity (Wildman–Crippen MR) is 77.3 cm³/mol. The van der Waals surface area contributed by atoms with Gasteiger partial charge in [-0.15, -0.1) is 0 Å². The van der Waals surface area contributed by atoms with Crippen molar-refractivity contribution < 1.29 is 0 Å². The minimum Gasteiger partial charge on any atom is -0.314 e. The van der Waals surface area contributed by atoms with Crippen molar-refractivity contribution in [3.63, 3.8) is 0 Å². The van der Waals surface area contributed by atoms with Crippen LogP contribution in [-0.4, -0.2) is 12.6 Å². The van der Waals surface area contributed by atoms with Crippen LogP contribution in [0.4, 0.5) is 0 Å². The Bertz CT molecular complexity index is 168. The average molecular weight is 239 g/mol. The van der Waals surface area contributed by atoms with Crippen molar-refractivity contribution in [2.45, 2.75) is 84.6 Å². The highest BCUT2D eigenvalue weighted by Crippen LogP contribution is 2.35. The van der Waals surface area contributed by atoms with Crippen LogP contribution in [0.3, 0.4) is 0 Å². The van der Waals surface area contributed by atoms with Crippen LogP contribution in [0, 0.1) is 11.8 Å². The van der Waals surface area contributed by atoms with Gasteiger partial charge in [0.25, 0.3) is 0 Å². The van der Waals surface area contributed by atoms with E-state index in [1.165, 1.54) is 64.3 Å². The first-order valence-corrected chi connectivity index (χ1v) is 8.05. The van der Waals surface area contributed by atoms with E-state index in [-0.39, 0.29) is 0 Å². The molecule has 0 aliphatic heterocycles. The molecule has 0 saturated heterocycles. The van der Waals surface area contributed by atoms with Crippen LogP contribution >= 0.6 is 0 Å². The maximum atomic E-state index is 3.82. The fourth-order valence-corrected chi connectivity index (χ4v) is 2.94. The highest BCUT2D eigenvalue weighted by atomic mass is 14.9. The Hall–Kier alpha value is -0.0400. The molecule has 1 aliphatic rings. The maximum Gasteiger partial charge on any atom is 0.00954 e. The Morgan fingerprint density at radius 1 is 0.941 bits per heavy atom. The highest BCUT2D eigenvalue weighted by molar-refractivity contribution is 4.81. The molecular formula is C16H33N. The number of nitrogens with one attached hydrogen (secondary N) is 1. The van der Waals surface area contributed by atoms with Gasteiger partial charge in [0.1, 0.15) is 0 Å². The zero-order chi connectivity index (χ0) is 12.5. The third-order valence-electron chi connectivity index (χ3n) is 4.13. The molecule has 1 atom stereocenters. The molecule has 0 radical (unpaired) electrons. The fraction of sp³-hybridized carbons (Fsp3) is 1.00. The SMILES string of the molecule is CCCNC(CCC1CC1)C(CCC)CCC. The van der Waals surface area contributed by atoms with E-state index in [1.807, 2.05) is 0 Å². The molecule has 1 unspecified atom stereocenters. The molecule has 0 heterocycles. The summed E-state index contributed by atoms with van der Waals surface area (Å²) in [6.45, 7) is 8.15. The van der Waals surface area contributed by atoms with E-state index in [0.717, 1.165) is 17.9 Å². The maximum absolute atomic E-state index is 3.82. The van der Waals surface area contributed by atoms with Crippen LogP contribution in [0.25, 0.3) is 0 Å². The third-order valence-corrected chi connectivity index (χ3v) is 4.13. The first-order chi connectivity index (χ1) is 8.31. The van der Waals surface area contributed by atoms with E-state index < -0.39 is 0 Å². The topological polar surface area (TPSA) is 12.0 Å². The summed E-state index contributed by atoms with van der Waals surface area (Å²) in [5, 5.41) is 3.82. The summed E-state index contributed by atoms with van der Waals surface area (Å²) in [7, 11) is 0. The normalized spacial score (nSPS) is 17.6. The molecule has 1 saturated carbocycles. The summed E-state index contributed by atoms with van der Waals surface area (Å²) in [5.74, 6) is 2.01. The van der Waals surface area contributed by atoms with Gasteiger partial charge in [-0.25, -0.2) is 0 Å². The van der Waals surface area contributed by atoms with Gasteiger partial charge in [-0.3, -0.25) is 0 Å². The predicted octanol–water partition coefficient (Wildman–Crippen LogP) is 4.76. The molecule has 102 valence electrons. The van der Waals surface area contributed by atoms with Crippen molar-refractivity contribution in [3.8, 4) is 0 Å². The third kappa shape index (κ3) is 6.45. The van der Waals surface area contributed by atoms with Gasteiger partial charge in [0, 0.05) is 6.04 Å². The zero-order valence-electron chi connectivity index (χ0n) is 12.3. The van der Waals surface area contributed by atoms with E-state index in [1.54, 1.807) is 0 Å². The molecule has 0 aromatic heterocycles. The van der Waals surface area contributed by atoms with Gasteiger partial charge in [-0.2, -0.15) is 0 Å². The summed E-state index contributed by atoms with van der Waals surface area (Å²) in [5.41, 5.74) is 0. The molecule has 1 heteroatoms. The van der Waals surface area contributed by atoms with Crippen LogP contribution in [-0.2, 0) is 0 Å². The lowest BCUT2D eigenvalue weighted by Gasteiger charge is -2.28. The van der Waals surface area contributed by atoms with Crippen molar-refractivity contribution in [3.05, 3.63) is 0 Å². The molecule has 0 aromatic rings. The molecule has 0 bridgehead atoms. The van der Waals surface area contributed by atoms with Gasteiger partial charge >= 0.3 is 0 Å². The Balaban J connectivity index is 2.36. The molecular weight excluding hydrogens is 206 g/mol. The van der Waals surface area contributed by atoms with Gasteiger partial charge in [-0.05, 0) is 50.5 Å². The summed E-state index contributed by atoms with van der Waals surface area (Å²) in [6.07, 6.45) is 12.7. The standard InChI is InChI=1S/C16H33N/c1-4-7-15(8-5-2)16(17-13-6-3)12-11-14-9-10-14/h14-17H,4-13H2,1-3H3. The number of rotatable bonds is 11. The lowest BCUT2D eigenvalue weighted by Crippen LogP contribution is -2.37.